The Labute approximate surface area is 198 Å². The minimum absolute atomic E-state index is 0.0824. The number of nitrogens with two attached hydrogens (primary N) is 1. The van der Waals surface area contributed by atoms with E-state index < -0.39 is 11.6 Å². The Kier molecular flexibility index (Phi) is 7.27. The van der Waals surface area contributed by atoms with Crippen LogP contribution in [-0.4, -0.2) is 46.0 Å². The number of amides is 2. The van der Waals surface area contributed by atoms with Gasteiger partial charge in [0.1, 0.15) is 11.4 Å². The van der Waals surface area contributed by atoms with Crippen molar-refractivity contribution < 1.29 is 14.0 Å². The predicted octanol–water partition coefficient (Wildman–Crippen LogP) is 3.50. The molecule has 1 aliphatic heterocycles. The van der Waals surface area contributed by atoms with E-state index in [0.717, 1.165) is 44.1 Å². The zero-order chi connectivity index (χ0) is 24.1. The number of nitrogens with one attached hydrogen (secondary N) is 2. The lowest BCUT2D eigenvalue weighted by atomic mass is 9.80. The Morgan fingerprint density at radius 2 is 1.85 bits per heavy atom. The van der Waals surface area contributed by atoms with Crippen LogP contribution in [0.15, 0.2) is 36.5 Å². The minimum atomic E-state index is -1.15. The number of hydrogen-bond donors (Lipinski definition) is 3. The molecule has 0 unspecified atom stereocenters. The van der Waals surface area contributed by atoms with E-state index in [-0.39, 0.29) is 23.2 Å². The van der Waals surface area contributed by atoms with E-state index in [4.69, 9.17) is 11.0 Å². The van der Waals surface area contributed by atoms with Gasteiger partial charge < -0.3 is 11.1 Å². The molecular formula is C25H31FN6O2. The quantitative estimate of drug-likeness (QED) is 0.600. The van der Waals surface area contributed by atoms with Crippen LogP contribution >= 0.6 is 0 Å². The van der Waals surface area contributed by atoms with E-state index in [9.17, 15) is 14.0 Å². The van der Waals surface area contributed by atoms with E-state index in [0.29, 0.717) is 31.5 Å². The highest BCUT2D eigenvalue weighted by Crippen LogP contribution is 2.40. The first-order chi connectivity index (χ1) is 16.4. The summed E-state index contributed by atoms with van der Waals surface area (Å²) in [6, 6.07) is 12.3. The molecule has 34 heavy (non-hydrogen) atoms. The van der Waals surface area contributed by atoms with Crippen molar-refractivity contribution in [3.8, 4) is 6.07 Å². The van der Waals surface area contributed by atoms with Crippen molar-refractivity contribution >= 4 is 17.6 Å². The molecule has 2 heterocycles. The van der Waals surface area contributed by atoms with Crippen LogP contribution in [0.5, 0.6) is 0 Å². The minimum Gasteiger partial charge on any atom is -0.365 e. The molecule has 0 bridgehead atoms. The molecule has 3 fully saturated rings. The highest BCUT2D eigenvalue weighted by molar-refractivity contribution is 6.02. The van der Waals surface area contributed by atoms with Crippen molar-refractivity contribution in [2.24, 2.45) is 17.6 Å². The topological polar surface area (TPSA) is 128 Å². The third-order valence-corrected chi connectivity index (χ3v) is 7.01. The lowest BCUT2D eigenvalue weighted by molar-refractivity contribution is -0.117. The van der Waals surface area contributed by atoms with Gasteiger partial charge in [0, 0.05) is 31.5 Å². The zero-order valence-electron chi connectivity index (χ0n) is 19.2. The summed E-state index contributed by atoms with van der Waals surface area (Å²) in [6.07, 6.45) is 8.29. The third-order valence-electron chi connectivity index (χ3n) is 7.01. The SMILES string of the molecule is N#CCC1CCC(N2CC(F)(c3ccccc3)C2)CC1.NC(=O)c1cn[nH]c1NC(=O)C1CC1. The Morgan fingerprint density at radius 3 is 2.44 bits per heavy atom. The lowest BCUT2D eigenvalue weighted by Gasteiger charge is -2.50. The summed E-state index contributed by atoms with van der Waals surface area (Å²) in [6.45, 7) is 1.06. The van der Waals surface area contributed by atoms with E-state index in [1.807, 2.05) is 30.3 Å². The number of aromatic amines is 1. The van der Waals surface area contributed by atoms with Gasteiger partial charge in [-0.25, -0.2) is 4.39 Å². The molecule has 9 heteroatoms. The summed E-state index contributed by atoms with van der Waals surface area (Å²) >= 11 is 0. The highest BCUT2D eigenvalue weighted by atomic mass is 19.1. The first kappa shape index (κ1) is 23.9. The van der Waals surface area contributed by atoms with Crippen LogP contribution in [0, 0.1) is 23.2 Å². The van der Waals surface area contributed by atoms with Crippen LogP contribution in [0.25, 0.3) is 0 Å². The fourth-order valence-electron chi connectivity index (χ4n) is 4.76. The van der Waals surface area contributed by atoms with Gasteiger partial charge in [-0.1, -0.05) is 30.3 Å². The van der Waals surface area contributed by atoms with Gasteiger partial charge in [0.05, 0.1) is 12.3 Å². The van der Waals surface area contributed by atoms with Crippen molar-refractivity contribution in [3.63, 3.8) is 0 Å². The second-order valence-electron chi connectivity index (χ2n) is 9.56. The molecule has 1 saturated heterocycles. The average molecular weight is 467 g/mol. The molecule has 4 N–H and O–H groups in total. The van der Waals surface area contributed by atoms with Crippen LogP contribution in [0.3, 0.4) is 0 Å². The van der Waals surface area contributed by atoms with Crippen molar-refractivity contribution in [1.82, 2.24) is 15.1 Å². The molecule has 0 spiro atoms. The van der Waals surface area contributed by atoms with Gasteiger partial charge in [-0.15, -0.1) is 0 Å². The Morgan fingerprint density at radius 1 is 1.18 bits per heavy atom. The van der Waals surface area contributed by atoms with Gasteiger partial charge in [-0.05, 0) is 50.0 Å². The maximum absolute atomic E-state index is 14.8. The average Bonchev–Trinajstić information content (AvgIpc) is 3.58. The molecule has 2 saturated carbocycles. The van der Waals surface area contributed by atoms with Gasteiger partial charge >= 0.3 is 0 Å². The molecule has 2 aromatic rings. The standard InChI is InChI=1S/C17H21FN2.C8H10N4O2/c18-17(15-4-2-1-3-5-15)12-20(13-17)16-8-6-14(7-9-16)10-11-19;9-6(13)5-3-10-12-7(5)11-8(14)4-1-2-4/h1-5,14,16H,6-10,12-13H2;3-4H,1-2H2,(H2,9,13)(H2,10,11,12,14). The highest BCUT2D eigenvalue weighted by Gasteiger charge is 2.47. The zero-order valence-corrected chi connectivity index (χ0v) is 19.2. The smallest absolute Gasteiger partial charge is 0.254 e. The number of alkyl halides is 1. The van der Waals surface area contributed by atoms with Gasteiger partial charge in [0.15, 0.2) is 5.67 Å². The monoisotopic (exact) mass is 466 g/mol. The number of nitrogens with zero attached hydrogens (tertiary/aromatic N) is 3. The normalized spacial score (nSPS) is 23.5. The van der Waals surface area contributed by atoms with E-state index in [2.05, 4.69) is 26.5 Å². The number of anilines is 1. The van der Waals surface area contributed by atoms with Gasteiger partial charge in [0.2, 0.25) is 5.91 Å². The molecule has 0 radical (unpaired) electrons. The number of nitriles is 1. The van der Waals surface area contributed by atoms with Crippen molar-refractivity contribution in [1.29, 1.82) is 5.26 Å². The molecule has 3 aliphatic rings. The van der Waals surface area contributed by atoms with Crippen molar-refractivity contribution in [3.05, 3.63) is 47.7 Å². The van der Waals surface area contributed by atoms with E-state index in [1.54, 1.807) is 0 Å². The number of aromatic nitrogens is 2. The largest absolute Gasteiger partial charge is 0.365 e. The molecule has 8 nitrogen and oxygen atoms in total. The number of hydrogen-bond acceptors (Lipinski definition) is 5. The van der Waals surface area contributed by atoms with Crippen LogP contribution in [0.1, 0.15) is 60.9 Å². The van der Waals surface area contributed by atoms with Crippen molar-refractivity contribution in [2.45, 2.75) is 56.7 Å². The Balaban J connectivity index is 0.000000172. The molecule has 2 amide bonds. The van der Waals surface area contributed by atoms with E-state index >= 15 is 0 Å². The first-order valence-electron chi connectivity index (χ1n) is 11.9. The Hall–Kier alpha value is -3.25. The number of carbonyl (C=O) groups is 2. The summed E-state index contributed by atoms with van der Waals surface area (Å²) in [4.78, 5) is 24.5. The van der Waals surface area contributed by atoms with Gasteiger partial charge in [-0.2, -0.15) is 10.4 Å². The van der Waals surface area contributed by atoms with Crippen LogP contribution in [-0.2, 0) is 10.5 Å². The molecule has 1 aromatic carbocycles. The maximum Gasteiger partial charge on any atom is 0.254 e. The van der Waals surface area contributed by atoms with Gasteiger partial charge in [-0.3, -0.25) is 19.6 Å². The molecule has 5 rings (SSSR count). The Bertz CT molecular complexity index is 1030. The summed E-state index contributed by atoms with van der Waals surface area (Å²) in [5.74, 6) is 0.247. The molecular weight excluding hydrogens is 435 g/mol. The molecule has 180 valence electrons. The number of carbonyl (C=O) groups excluding carboxylic acids is 2. The maximum atomic E-state index is 14.8. The number of likely N-dealkylation sites (tertiary alicyclic amines) is 1. The number of benzene rings is 1. The summed E-state index contributed by atoms with van der Waals surface area (Å²) in [5, 5.41) is 17.5. The first-order valence-corrected chi connectivity index (χ1v) is 11.9. The number of halogens is 1. The summed E-state index contributed by atoms with van der Waals surface area (Å²) in [5.41, 5.74) is 4.95. The van der Waals surface area contributed by atoms with Crippen LogP contribution in [0.2, 0.25) is 0 Å². The van der Waals surface area contributed by atoms with Crippen molar-refractivity contribution in [2.75, 3.05) is 18.4 Å². The molecule has 1 aromatic heterocycles. The van der Waals surface area contributed by atoms with Crippen LogP contribution < -0.4 is 11.1 Å². The van der Waals surface area contributed by atoms with Crippen LogP contribution in [0.4, 0.5) is 10.2 Å². The lowest BCUT2D eigenvalue weighted by Crippen LogP contribution is -2.60. The predicted molar refractivity (Wildman–Crippen MR) is 125 cm³/mol. The number of rotatable bonds is 6. The van der Waals surface area contributed by atoms with Gasteiger partial charge in [0.25, 0.3) is 5.91 Å². The molecule has 2 aliphatic carbocycles. The number of primary amides is 1. The fourth-order valence-corrected chi connectivity index (χ4v) is 4.76. The second kappa shape index (κ2) is 10.3. The summed E-state index contributed by atoms with van der Waals surface area (Å²) in [7, 11) is 0. The molecule has 0 atom stereocenters. The number of H-pyrrole nitrogens is 1. The third kappa shape index (κ3) is 5.62. The fraction of sp³-hybridized carbons (Fsp3) is 0.520. The summed E-state index contributed by atoms with van der Waals surface area (Å²) < 4.78 is 14.8. The second-order valence-corrected chi connectivity index (χ2v) is 9.56. The van der Waals surface area contributed by atoms with E-state index in [1.165, 1.54) is 6.20 Å².